The van der Waals surface area contributed by atoms with Crippen molar-refractivity contribution in [3.8, 4) is 5.88 Å². The van der Waals surface area contributed by atoms with E-state index in [9.17, 15) is 4.39 Å². The molecule has 18 heavy (non-hydrogen) atoms. The number of pyridine rings is 1. The molecule has 0 aliphatic heterocycles. The van der Waals surface area contributed by atoms with E-state index in [-0.39, 0.29) is 33.5 Å². The topological polar surface area (TPSA) is 22.1 Å². The Morgan fingerprint density at radius 1 is 1.11 bits per heavy atom. The van der Waals surface area contributed by atoms with Crippen molar-refractivity contribution in [2.75, 3.05) is 0 Å². The number of aromatic nitrogens is 1. The molecule has 1 aromatic heterocycles. The van der Waals surface area contributed by atoms with Crippen LogP contribution >= 0.6 is 34.8 Å². The summed E-state index contributed by atoms with van der Waals surface area (Å²) in [4.78, 5) is 3.87. The van der Waals surface area contributed by atoms with Crippen molar-refractivity contribution in [1.29, 1.82) is 0 Å². The highest BCUT2D eigenvalue weighted by Gasteiger charge is 2.10. The number of benzene rings is 1. The fourth-order valence-corrected chi connectivity index (χ4v) is 1.84. The minimum Gasteiger partial charge on any atom is -0.472 e. The van der Waals surface area contributed by atoms with Crippen molar-refractivity contribution in [3.05, 3.63) is 56.9 Å². The molecule has 1 heterocycles. The van der Waals surface area contributed by atoms with Gasteiger partial charge < -0.3 is 4.74 Å². The lowest BCUT2D eigenvalue weighted by atomic mass is 10.2. The van der Waals surface area contributed by atoms with Crippen molar-refractivity contribution in [2.45, 2.75) is 6.61 Å². The number of ether oxygens (including phenoxy) is 1. The lowest BCUT2D eigenvalue weighted by Gasteiger charge is -2.08. The highest BCUT2D eigenvalue weighted by atomic mass is 35.5. The molecule has 94 valence electrons. The molecule has 0 saturated carbocycles. The van der Waals surface area contributed by atoms with Crippen LogP contribution in [0, 0.1) is 5.82 Å². The summed E-state index contributed by atoms with van der Waals surface area (Å²) < 4.78 is 18.7. The van der Waals surface area contributed by atoms with Gasteiger partial charge in [-0.3, -0.25) is 0 Å². The van der Waals surface area contributed by atoms with Gasteiger partial charge in [0.2, 0.25) is 5.88 Å². The second-order valence-electron chi connectivity index (χ2n) is 3.43. The fraction of sp³-hybridized carbons (Fsp3) is 0.0833. The van der Waals surface area contributed by atoms with E-state index in [2.05, 4.69) is 4.98 Å². The van der Waals surface area contributed by atoms with Gasteiger partial charge >= 0.3 is 0 Å². The van der Waals surface area contributed by atoms with E-state index < -0.39 is 0 Å². The van der Waals surface area contributed by atoms with E-state index >= 15 is 0 Å². The lowest BCUT2D eigenvalue weighted by molar-refractivity contribution is 0.288. The second-order valence-corrected chi connectivity index (χ2v) is 4.60. The first-order valence-corrected chi connectivity index (χ1v) is 6.09. The number of halogens is 4. The van der Waals surface area contributed by atoms with Gasteiger partial charge in [-0.15, -0.1) is 0 Å². The highest BCUT2D eigenvalue weighted by molar-refractivity contribution is 6.42. The van der Waals surface area contributed by atoms with Gasteiger partial charge in [-0.2, -0.15) is 4.98 Å². The van der Waals surface area contributed by atoms with Crippen LogP contribution in [0.3, 0.4) is 0 Å². The Kier molecular flexibility index (Phi) is 4.27. The van der Waals surface area contributed by atoms with Crippen molar-refractivity contribution < 1.29 is 9.13 Å². The van der Waals surface area contributed by atoms with Crippen LogP contribution in [-0.4, -0.2) is 4.98 Å². The zero-order chi connectivity index (χ0) is 13.1. The van der Waals surface area contributed by atoms with E-state index in [4.69, 9.17) is 39.5 Å². The Hall–Kier alpha value is -1.03. The molecule has 0 bridgehead atoms. The predicted octanol–water partition coefficient (Wildman–Crippen LogP) is 4.76. The van der Waals surface area contributed by atoms with E-state index in [1.54, 1.807) is 18.2 Å². The average molecular weight is 307 g/mol. The summed E-state index contributed by atoms with van der Waals surface area (Å²) >= 11 is 17.4. The third-order valence-electron chi connectivity index (χ3n) is 2.18. The first kappa shape index (κ1) is 13.4. The number of nitrogens with zero attached hydrogens (tertiary/aromatic N) is 1. The maximum Gasteiger partial charge on any atom is 0.234 e. The van der Waals surface area contributed by atoms with Gasteiger partial charge in [0.05, 0.1) is 5.02 Å². The summed E-state index contributed by atoms with van der Waals surface area (Å²) in [5.74, 6) is -0.233. The molecule has 2 rings (SSSR count). The van der Waals surface area contributed by atoms with E-state index in [0.29, 0.717) is 5.56 Å². The lowest BCUT2D eigenvalue weighted by Crippen LogP contribution is -2.00. The van der Waals surface area contributed by atoms with Crippen molar-refractivity contribution in [3.63, 3.8) is 0 Å². The molecular formula is C12H7Cl3FNO. The number of hydrogen-bond donors (Lipinski definition) is 0. The monoisotopic (exact) mass is 305 g/mol. The summed E-state index contributed by atoms with van der Waals surface area (Å²) in [6, 6.07) is 7.70. The molecule has 0 saturated heterocycles. The Labute approximate surface area is 118 Å². The van der Waals surface area contributed by atoms with Gasteiger partial charge in [-0.05, 0) is 12.1 Å². The van der Waals surface area contributed by atoms with Gasteiger partial charge in [0.25, 0.3) is 0 Å². The molecule has 6 heteroatoms. The standard InChI is InChI=1S/C12H7Cl3FNO/c13-8-5-9(14)12(17-11(8)15)18-6-7-3-1-2-4-10(7)16/h1-5H,6H2. The predicted molar refractivity (Wildman–Crippen MR) is 70.0 cm³/mol. The zero-order valence-corrected chi connectivity index (χ0v) is 11.2. The van der Waals surface area contributed by atoms with Crippen molar-refractivity contribution >= 4 is 34.8 Å². The molecule has 0 N–H and O–H groups in total. The largest absolute Gasteiger partial charge is 0.472 e. The Morgan fingerprint density at radius 2 is 1.83 bits per heavy atom. The minimum absolute atomic E-state index is 0.0113. The first-order chi connectivity index (χ1) is 8.58. The normalized spacial score (nSPS) is 10.4. The molecule has 0 aliphatic carbocycles. The van der Waals surface area contributed by atoms with Crippen molar-refractivity contribution in [2.24, 2.45) is 0 Å². The maximum absolute atomic E-state index is 13.4. The second kappa shape index (κ2) is 5.74. The van der Waals surface area contributed by atoms with E-state index in [1.807, 2.05) is 0 Å². The van der Waals surface area contributed by atoms with Crippen LogP contribution in [0.25, 0.3) is 0 Å². The molecule has 0 atom stereocenters. The van der Waals surface area contributed by atoms with Crippen molar-refractivity contribution in [1.82, 2.24) is 4.98 Å². The van der Waals surface area contributed by atoms with Crippen LogP contribution in [0.5, 0.6) is 5.88 Å². The third kappa shape index (κ3) is 3.05. The summed E-state index contributed by atoms with van der Waals surface area (Å²) in [6.45, 7) is 0.0113. The van der Waals surface area contributed by atoms with Gasteiger partial charge in [0.1, 0.15) is 17.4 Å². The molecular weight excluding hydrogens is 299 g/mol. The van der Waals surface area contributed by atoms with Crippen LogP contribution in [-0.2, 0) is 6.61 Å². The first-order valence-electron chi connectivity index (χ1n) is 4.95. The van der Waals surface area contributed by atoms with Gasteiger partial charge in [-0.1, -0.05) is 53.0 Å². The molecule has 2 nitrogen and oxygen atoms in total. The van der Waals surface area contributed by atoms with E-state index in [1.165, 1.54) is 12.1 Å². The van der Waals surface area contributed by atoms with Gasteiger partial charge in [-0.25, -0.2) is 4.39 Å². The SMILES string of the molecule is Fc1ccccc1COc1nc(Cl)c(Cl)cc1Cl. The van der Waals surface area contributed by atoms with Crippen LogP contribution < -0.4 is 4.74 Å². The maximum atomic E-state index is 13.4. The van der Waals surface area contributed by atoms with Gasteiger partial charge in [0, 0.05) is 5.56 Å². The molecule has 0 spiro atoms. The smallest absolute Gasteiger partial charge is 0.234 e. The molecule has 2 aromatic rings. The highest BCUT2D eigenvalue weighted by Crippen LogP contribution is 2.30. The van der Waals surface area contributed by atoms with Crippen LogP contribution in [0.4, 0.5) is 4.39 Å². The molecule has 0 fully saturated rings. The molecule has 0 unspecified atom stereocenters. The molecule has 0 aliphatic rings. The van der Waals surface area contributed by atoms with Crippen LogP contribution in [0.15, 0.2) is 30.3 Å². The van der Waals surface area contributed by atoms with Gasteiger partial charge in [0.15, 0.2) is 5.15 Å². The third-order valence-corrected chi connectivity index (χ3v) is 3.12. The Morgan fingerprint density at radius 3 is 2.56 bits per heavy atom. The fourth-order valence-electron chi connectivity index (χ4n) is 1.29. The Bertz CT molecular complexity index is 577. The van der Waals surface area contributed by atoms with Crippen LogP contribution in [0.1, 0.15) is 5.56 Å². The molecule has 0 radical (unpaired) electrons. The summed E-state index contributed by atoms with van der Waals surface area (Å²) in [5, 5.41) is 0.547. The number of hydrogen-bond acceptors (Lipinski definition) is 2. The summed E-state index contributed by atoms with van der Waals surface area (Å²) in [7, 11) is 0. The number of rotatable bonds is 3. The molecule has 0 amide bonds. The summed E-state index contributed by atoms with van der Waals surface area (Å²) in [5.41, 5.74) is 0.404. The average Bonchev–Trinajstić information content (AvgIpc) is 2.34. The zero-order valence-electron chi connectivity index (χ0n) is 8.96. The Balaban J connectivity index is 2.16. The minimum atomic E-state index is -0.353. The van der Waals surface area contributed by atoms with E-state index in [0.717, 1.165) is 0 Å². The van der Waals surface area contributed by atoms with Crippen LogP contribution in [0.2, 0.25) is 15.2 Å². The molecule has 1 aromatic carbocycles. The quantitative estimate of drug-likeness (QED) is 0.763. The summed E-state index contributed by atoms with van der Waals surface area (Å²) in [6.07, 6.45) is 0.